The highest BCUT2D eigenvalue weighted by Crippen LogP contribution is 2.20. The summed E-state index contributed by atoms with van der Waals surface area (Å²) in [6.07, 6.45) is 1.18. The molecular formula is C14H15ClFNO4. The maximum absolute atomic E-state index is 13.2. The lowest BCUT2D eigenvalue weighted by molar-refractivity contribution is -0.141. The molecule has 1 saturated heterocycles. The summed E-state index contributed by atoms with van der Waals surface area (Å²) in [7, 11) is 0. The fourth-order valence-electron chi connectivity index (χ4n) is 1.88. The van der Waals surface area contributed by atoms with E-state index >= 15 is 0 Å². The zero-order valence-electron chi connectivity index (χ0n) is 11.2. The van der Waals surface area contributed by atoms with Gasteiger partial charge in [-0.15, -0.1) is 0 Å². The minimum absolute atomic E-state index is 0.0326. The lowest BCUT2D eigenvalue weighted by Gasteiger charge is -2.09. The highest BCUT2D eigenvalue weighted by atomic mass is 35.5. The molecule has 0 aliphatic carbocycles. The minimum atomic E-state index is -0.549. The van der Waals surface area contributed by atoms with Gasteiger partial charge in [0, 0.05) is 18.9 Å². The maximum atomic E-state index is 13.2. The first-order chi connectivity index (χ1) is 10.1. The van der Waals surface area contributed by atoms with Gasteiger partial charge in [0.2, 0.25) is 5.91 Å². The Balaban J connectivity index is 1.66. The van der Waals surface area contributed by atoms with Crippen LogP contribution in [0.5, 0.6) is 5.75 Å². The van der Waals surface area contributed by atoms with E-state index < -0.39 is 17.8 Å². The molecule has 0 aromatic heterocycles. The topological polar surface area (TPSA) is 64.6 Å². The first kappa shape index (κ1) is 15.6. The molecule has 7 heteroatoms. The summed E-state index contributed by atoms with van der Waals surface area (Å²) in [5.41, 5.74) is 0. The Bertz CT molecular complexity index is 538. The number of rotatable bonds is 6. The van der Waals surface area contributed by atoms with Crippen molar-refractivity contribution >= 4 is 23.5 Å². The number of ether oxygens (including phenoxy) is 2. The minimum Gasteiger partial charge on any atom is -0.493 e. The standard InChI is InChI=1S/C14H15ClFNO4/c15-10-4-3-9(8-11(10)16)20-6-1-2-13(18)17-12-5-7-21-14(12)19/h3-4,8,12H,1-2,5-7H2,(H,17,18). The lowest BCUT2D eigenvalue weighted by atomic mass is 10.2. The fraction of sp³-hybridized carbons (Fsp3) is 0.429. The molecule has 114 valence electrons. The second-order valence-electron chi connectivity index (χ2n) is 4.60. The number of hydrogen-bond acceptors (Lipinski definition) is 4. The Hall–Kier alpha value is -1.82. The summed E-state index contributed by atoms with van der Waals surface area (Å²) < 4.78 is 23.2. The van der Waals surface area contributed by atoms with Gasteiger partial charge < -0.3 is 14.8 Å². The van der Waals surface area contributed by atoms with Crippen molar-refractivity contribution in [2.75, 3.05) is 13.2 Å². The summed E-state index contributed by atoms with van der Waals surface area (Å²) in [4.78, 5) is 22.8. The number of carbonyl (C=O) groups is 2. The van der Waals surface area contributed by atoms with Crippen molar-refractivity contribution in [3.05, 3.63) is 29.0 Å². The molecule has 1 unspecified atom stereocenters. The molecule has 1 atom stereocenters. The number of carbonyl (C=O) groups excluding carboxylic acids is 2. The predicted molar refractivity (Wildman–Crippen MR) is 73.6 cm³/mol. The first-order valence-electron chi connectivity index (χ1n) is 6.60. The molecule has 0 spiro atoms. The third-order valence-corrected chi connectivity index (χ3v) is 3.29. The van der Waals surface area contributed by atoms with Gasteiger partial charge in [-0.3, -0.25) is 4.79 Å². The number of hydrogen-bond donors (Lipinski definition) is 1. The quantitative estimate of drug-likeness (QED) is 0.645. The van der Waals surface area contributed by atoms with Gasteiger partial charge in [0.05, 0.1) is 18.2 Å². The van der Waals surface area contributed by atoms with Gasteiger partial charge in [0.15, 0.2) is 0 Å². The first-order valence-corrected chi connectivity index (χ1v) is 6.98. The van der Waals surface area contributed by atoms with E-state index in [2.05, 4.69) is 5.32 Å². The van der Waals surface area contributed by atoms with Crippen molar-refractivity contribution in [1.29, 1.82) is 0 Å². The monoisotopic (exact) mass is 315 g/mol. The Morgan fingerprint density at radius 3 is 3.00 bits per heavy atom. The van der Waals surface area contributed by atoms with Crippen molar-refractivity contribution in [3.63, 3.8) is 0 Å². The molecule has 1 aliphatic rings. The highest BCUT2D eigenvalue weighted by molar-refractivity contribution is 6.30. The van der Waals surface area contributed by atoms with Gasteiger partial charge in [-0.05, 0) is 18.6 Å². The third-order valence-electron chi connectivity index (χ3n) is 2.98. The Labute approximate surface area is 126 Å². The molecule has 1 N–H and O–H groups in total. The molecule has 0 bridgehead atoms. The van der Waals surface area contributed by atoms with Crippen molar-refractivity contribution in [2.24, 2.45) is 0 Å². The number of benzene rings is 1. The molecule has 1 aromatic carbocycles. The second-order valence-corrected chi connectivity index (χ2v) is 5.01. The number of esters is 1. The molecule has 1 amide bonds. The number of nitrogens with one attached hydrogen (secondary N) is 1. The maximum Gasteiger partial charge on any atom is 0.328 e. The van der Waals surface area contributed by atoms with Crippen LogP contribution in [0.2, 0.25) is 5.02 Å². The van der Waals surface area contributed by atoms with Crippen LogP contribution in [0.4, 0.5) is 4.39 Å². The Kier molecular flexibility index (Phi) is 5.38. The van der Waals surface area contributed by atoms with Crippen LogP contribution in [-0.4, -0.2) is 31.1 Å². The van der Waals surface area contributed by atoms with Gasteiger partial charge in [0.1, 0.15) is 17.6 Å². The average Bonchev–Trinajstić information content (AvgIpc) is 2.84. The lowest BCUT2D eigenvalue weighted by Crippen LogP contribution is -2.37. The van der Waals surface area contributed by atoms with Crippen LogP contribution in [0.25, 0.3) is 0 Å². The second kappa shape index (κ2) is 7.26. The largest absolute Gasteiger partial charge is 0.493 e. The van der Waals surface area contributed by atoms with Crippen LogP contribution in [0.15, 0.2) is 18.2 Å². The van der Waals surface area contributed by atoms with Crippen LogP contribution in [0, 0.1) is 5.82 Å². The van der Waals surface area contributed by atoms with Gasteiger partial charge in [-0.2, -0.15) is 0 Å². The van der Waals surface area contributed by atoms with E-state index in [9.17, 15) is 14.0 Å². The Morgan fingerprint density at radius 1 is 1.52 bits per heavy atom. The van der Waals surface area contributed by atoms with Gasteiger partial charge in [0.25, 0.3) is 0 Å². The highest BCUT2D eigenvalue weighted by Gasteiger charge is 2.27. The number of cyclic esters (lactones) is 1. The molecule has 5 nitrogen and oxygen atoms in total. The fourth-order valence-corrected chi connectivity index (χ4v) is 2.00. The van der Waals surface area contributed by atoms with Crippen LogP contribution < -0.4 is 10.1 Å². The van der Waals surface area contributed by atoms with E-state index in [1.54, 1.807) is 6.07 Å². The summed E-state index contributed by atoms with van der Waals surface area (Å²) in [5.74, 6) is -0.815. The predicted octanol–water partition coefficient (Wildman–Crippen LogP) is 2.07. The van der Waals surface area contributed by atoms with Crippen molar-refractivity contribution in [2.45, 2.75) is 25.3 Å². The zero-order chi connectivity index (χ0) is 15.2. The molecule has 0 radical (unpaired) electrons. The molecule has 1 aliphatic heterocycles. The molecule has 0 saturated carbocycles. The van der Waals surface area contributed by atoms with Gasteiger partial charge >= 0.3 is 5.97 Å². The zero-order valence-corrected chi connectivity index (χ0v) is 12.0. The molecule has 1 fully saturated rings. The van der Waals surface area contributed by atoms with Crippen LogP contribution >= 0.6 is 11.6 Å². The summed E-state index contributed by atoms with van der Waals surface area (Å²) >= 11 is 5.56. The van der Waals surface area contributed by atoms with Gasteiger partial charge in [-0.25, -0.2) is 9.18 Å². The number of halogens is 2. The summed E-state index contributed by atoms with van der Waals surface area (Å²) in [6.45, 7) is 0.610. The molecule has 1 heterocycles. The van der Waals surface area contributed by atoms with E-state index in [0.717, 1.165) is 0 Å². The average molecular weight is 316 g/mol. The van der Waals surface area contributed by atoms with Crippen LogP contribution in [0.1, 0.15) is 19.3 Å². The van der Waals surface area contributed by atoms with E-state index in [4.69, 9.17) is 21.1 Å². The van der Waals surface area contributed by atoms with Crippen molar-refractivity contribution in [1.82, 2.24) is 5.32 Å². The third kappa shape index (κ3) is 4.60. The van der Waals surface area contributed by atoms with Crippen LogP contribution in [0.3, 0.4) is 0 Å². The van der Waals surface area contributed by atoms with Crippen molar-refractivity contribution in [3.8, 4) is 5.75 Å². The SMILES string of the molecule is O=C(CCCOc1ccc(Cl)c(F)c1)NC1CCOC1=O. The van der Waals surface area contributed by atoms with E-state index in [1.807, 2.05) is 0 Å². The molecule has 2 rings (SSSR count). The van der Waals surface area contributed by atoms with Crippen LogP contribution in [-0.2, 0) is 14.3 Å². The van der Waals surface area contributed by atoms with E-state index in [-0.39, 0.29) is 24.0 Å². The Morgan fingerprint density at radius 2 is 2.33 bits per heavy atom. The van der Waals surface area contributed by atoms with Crippen molar-refractivity contribution < 1.29 is 23.5 Å². The smallest absolute Gasteiger partial charge is 0.328 e. The molecular weight excluding hydrogens is 301 g/mol. The van der Waals surface area contributed by atoms with E-state index in [0.29, 0.717) is 25.2 Å². The van der Waals surface area contributed by atoms with E-state index in [1.165, 1.54) is 12.1 Å². The molecule has 1 aromatic rings. The van der Waals surface area contributed by atoms with Gasteiger partial charge in [-0.1, -0.05) is 11.6 Å². The summed E-state index contributed by atoms with van der Waals surface area (Å²) in [6, 6.07) is 3.62. The normalized spacial score (nSPS) is 17.4. The summed E-state index contributed by atoms with van der Waals surface area (Å²) in [5, 5.41) is 2.63. The number of amides is 1. The molecule has 21 heavy (non-hydrogen) atoms.